The van der Waals surface area contributed by atoms with Crippen LogP contribution in [-0.4, -0.2) is 41.2 Å². The number of esters is 1. The summed E-state index contributed by atoms with van der Waals surface area (Å²) in [5.74, 6) is -2.25. The monoisotopic (exact) mass is 500 g/mol. The summed E-state index contributed by atoms with van der Waals surface area (Å²) in [4.78, 5) is 57.0. The zero-order valence-electron chi connectivity index (χ0n) is 19.8. The van der Waals surface area contributed by atoms with Gasteiger partial charge in [-0.15, -0.1) is 0 Å². The molecule has 8 heteroatoms. The molecule has 182 valence electrons. The molecule has 3 aromatic carbocycles. The molecule has 0 aliphatic carbocycles. The zero-order chi connectivity index (χ0) is 25.4. The Balaban J connectivity index is 1.37. The maximum absolute atomic E-state index is 13.4. The van der Waals surface area contributed by atoms with Crippen LogP contribution in [0.2, 0.25) is 0 Å². The molecule has 3 amide bonds. The van der Waals surface area contributed by atoms with Gasteiger partial charge in [-0.05, 0) is 48.7 Å². The summed E-state index contributed by atoms with van der Waals surface area (Å²) in [6, 6.07) is 20.4. The highest BCUT2D eigenvalue weighted by Crippen LogP contribution is 2.47. The smallest absolute Gasteiger partial charge is 0.329 e. The molecule has 0 saturated heterocycles. The van der Waals surface area contributed by atoms with E-state index in [1.807, 2.05) is 62.4 Å². The molecule has 0 spiro atoms. The number of carbonyl (C=O) groups is 4. The van der Waals surface area contributed by atoms with Crippen LogP contribution in [0.25, 0.3) is 0 Å². The lowest BCUT2D eigenvalue weighted by atomic mass is 10.0. The molecule has 0 N–H and O–H groups in total. The molecule has 2 aliphatic rings. The Kier molecular flexibility index (Phi) is 6.36. The van der Waals surface area contributed by atoms with Gasteiger partial charge in [0.2, 0.25) is 0 Å². The highest BCUT2D eigenvalue weighted by molar-refractivity contribution is 7.99. The molecule has 2 aliphatic heterocycles. The van der Waals surface area contributed by atoms with Crippen LogP contribution < -0.4 is 4.90 Å². The molecule has 36 heavy (non-hydrogen) atoms. The standard InChI is InChI=1S/C28H24N2O5S/c1-17(2)15-22(30-26(32)18-9-3-4-10-19(18)27(30)33)28(34)35-16-25(31)29-20-11-5-7-13-23(20)36-24-14-8-6-12-21(24)29/h3-14,17,22H,15-16H2,1-2H3/t22-/m1/s1. The molecule has 0 bridgehead atoms. The topological polar surface area (TPSA) is 84.0 Å². The van der Waals surface area contributed by atoms with E-state index in [9.17, 15) is 19.2 Å². The van der Waals surface area contributed by atoms with Gasteiger partial charge in [0.15, 0.2) is 6.61 Å². The lowest BCUT2D eigenvalue weighted by Gasteiger charge is -2.31. The summed E-state index contributed by atoms with van der Waals surface area (Å²) < 4.78 is 5.48. The van der Waals surface area contributed by atoms with Crippen molar-refractivity contribution in [3.05, 3.63) is 83.9 Å². The third kappa shape index (κ3) is 4.18. The number of para-hydroxylation sites is 2. The first-order chi connectivity index (χ1) is 17.4. The fraction of sp³-hybridized carbons (Fsp3) is 0.214. The second-order valence-corrected chi connectivity index (χ2v) is 10.1. The Hall–Kier alpha value is -3.91. The predicted octanol–water partition coefficient (Wildman–Crippen LogP) is 5.07. The summed E-state index contributed by atoms with van der Waals surface area (Å²) in [6.45, 7) is 3.26. The van der Waals surface area contributed by atoms with Gasteiger partial charge in [0.25, 0.3) is 17.7 Å². The van der Waals surface area contributed by atoms with E-state index in [1.165, 1.54) is 0 Å². The molecular formula is C28H24N2O5S. The third-order valence-corrected chi connectivity index (χ3v) is 7.25. The van der Waals surface area contributed by atoms with E-state index in [4.69, 9.17) is 4.74 Å². The van der Waals surface area contributed by atoms with E-state index in [-0.39, 0.29) is 23.5 Å². The Bertz CT molecular complexity index is 1310. The van der Waals surface area contributed by atoms with Crippen LogP contribution in [-0.2, 0) is 14.3 Å². The number of nitrogens with zero attached hydrogens (tertiary/aromatic N) is 2. The largest absolute Gasteiger partial charge is 0.454 e. The van der Waals surface area contributed by atoms with Gasteiger partial charge in [-0.2, -0.15) is 0 Å². The molecule has 0 radical (unpaired) electrons. The Morgan fingerprint density at radius 3 is 1.83 bits per heavy atom. The maximum atomic E-state index is 13.4. The van der Waals surface area contributed by atoms with Crippen molar-refractivity contribution in [1.82, 2.24) is 4.90 Å². The molecule has 0 fully saturated rings. The SMILES string of the molecule is CC(C)C[C@H](C(=O)OCC(=O)N1c2ccccc2Sc2ccccc21)N1C(=O)c2ccccc2C1=O. The fourth-order valence-electron chi connectivity index (χ4n) is 4.51. The average molecular weight is 501 g/mol. The summed E-state index contributed by atoms with van der Waals surface area (Å²) >= 11 is 1.57. The first-order valence-electron chi connectivity index (χ1n) is 11.7. The van der Waals surface area contributed by atoms with E-state index >= 15 is 0 Å². The number of hydrogen-bond acceptors (Lipinski definition) is 6. The number of ether oxygens (including phenoxy) is 1. The summed E-state index contributed by atoms with van der Waals surface area (Å²) in [7, 11) is 0. The molecule has 1 atom stereocenters. The van der Waals surface area contributed by atoms with Crippen LogP contribution in [0.5, 0.6) is 0 Å². The Labute approximate surface area is 213 Å². The number of fused-ring (bicyclic) bond motifs is 3. The molecule has 3 aromatic rings. The van der Waals surface area contributed by atoms with Crippen LogP contribution in [0.4, 0.5) is 11.4 Å². The van der Waals surface area contributed by atoms with E-state index < -0.39 is 36.3 Å². The number of hydrogen-bond donors (Lipinski definition) is 0. The highest BCUT2D eigenvalue weighted by Gasteiger charge is 2.43. The first-order valence-corrected chi connectivity index (χ1v) is 12.5. The zero-order valence-corrected chi connectivity index (χ0v) is 20.7. The van der Waals surface area contributed by atoms with Crippen molar-refractivity contribution < 1.29 is 23.9 Å². The quantitative estimate of drug-likeness (QED) is 0.347. The van der Waals surface area contributed by atoms with E-state index in [0.29, 0.717) is 11.4 Å². The van der Waals surface area contributed by atoms with Gasteiger partial charge >= 0.3 is 5.97 Å². The fourth-order valence-corrected chi connectivity index (χ4v) is 5.57. The molecule has 2 heterocycles. The van der Waals surface area contributed by atoms with E-state index in [0.717, 1.165) is 14.7 Å². The van der Waals surface area contributed by atoms with E-state index in [2.05, 4.69) is 0 Å². The molecule has 0 unspecified atom stereocenters. The van der Waals surface area contributed by atoms with Gasteiger partial charge in [0, 0.05) is 9.79 Å². The van der Waals surface area contributed by atoms with Gasteiger partial charge in [-0.25, -0.2) is 4.79 Å². The van der Waals surface area contributed by atoms with Crippen LogP contribution in [0.1, 0.15) is 41.0 Å². The second-order valence-electron chi connectivity index (χ2n) is 9.05. The number of carbonyl (C=O) groups excluding carboxylic acids is 4. The molecule has 7 nitrogen and oxygen atoms in total. The van der Waals surface area contributed by atoms with Gasteiger partial charge in [0.05, 0.1) is 22.5 Å². The lowest BCUT2D eigenvalue weighted by molar-refractivity contribution is -0.152. The van der Waals surface area contributed by atoms with Gasteiger partial charge in [-0.1, -0.05) is 62.0 Å². The predicted molar refractivity (Wildman–Crippen MR) is 135 cm³/mol. The molecule has 5 rings (SSSR count). The third-order valence-electron chi connectivity index (χ3n) is 6.12. The van der Waals surface area contributed by atoms with Crippen molar-refractivity contribution in [2.24, 2.45) is 5.92 Å². The molecule has 0 aromatic heterocycles. The maximum Gasteiger partial charge on any atom is 0.329 e. The Morgan fingerprint density at radius 1 is 0.806 bits per heavy atom. The van der Waals surface area contributed by atoms with Crippen molar-refractivity contribution in [3.8, 4) is 0 Å². The first kappa shape index (κ1) is 23.8. The van der Waals surface area contributed by atoms with E-state index in [1.54, 1.807) is 40.9 Å². The highest BCUT2D eigenvalue weighted by atomic mass is 32.2. The van der Waals surface area contributed by atoms with Crippen molar-refractivity contribution in [1.29, 1.82) is 0 Å². The van der Waals surface area contributed by atoms with Crippen LogP contribution in [0.3, 0.4) is 0 Å². The van der Waals surface area contributed by atoms with Crippen molar-refractivity contribution in [2.75, 3.05) is 11.5 Å². The van der Waals surface area contributed by atoms with Crippen LogP contribution in [0, 0.1) is 5.92 Å². The minimum Gasteiger partial charge on any atom is -0.454 e. The number of rotatable bonds is 6. The van der Waals surface area contributed by atoms with Crippen molar-refractivity contribution >= 4 is 46.8 Å². The van der Waals surface area contributed by atoms with Gasteiger partial charge < -0.3 is 4.74 Å². The number of benzene rings is 3. The lowest BCUT2D eigenvalue weighted by Crippen LogP contribution is -2.47. The molecule has 0 saturated carbocycles. The Morgan fingerprint density at radius 2 is 1.31 bits per heavy atom. The minimum absolute atomic E-state index is 0.000405. The van der Waals surface area contributed by atoms with Gasteiger partial charge in [-0.3, -0.25) is 24.2 Å². The number of anilines is 2. The van der Waals surface area contributed by atoms with Crippen LogP contribution in [0.15, 0.2) is 82.6 Å². The number of imide groups is 1. The minimum atomic E-state index is -1.12. The average Bonchev–Trinajstić information content (AvgIpc) is 3.13. The summed E-state index contributed by atoms with van der Waals surface area (Å²) in [5.41, 5.74) is 1.95. The van der Waals surface area contributed by atoms with Gasteiger partial charge in [0.1, 0.15) is 6.04 Å². The molecular weight excluding hydrogens is 476 g/mol. The second kappa shape index (κ2) is 9.62. The van der Waals surface area contributed by atoms with Crippen LogP contribution >= 0.6 is 11.8 Å². The summed E-state index contributed by atoms with van der Waals surface area (Å²) in [5, 5.41) is 0. The van der Waals surface area contributed by atoms with Crippen molar-refractivity contribution in [2.45, 2.75) is 36.1 Å². The normalized spacial score (nSPS) is 14.9. The summed E-state index contributed by atoms with van der Waals surface area (Å²) in [6.07, 6.45) is 0.227. The van der Waals surface area contributed by atoms with Crippen molar-refractivity contribution in [3.63, 3.8) is 0 Å². The number of amides is 3.